The van der Waals surface area contributed by atoms with Crippen molar-refractivity contribution in [2.45, 2.75) is 63.8 Å². The number of likely N-dealkylation sites (tertiary alicyclic amines) is 1. The second-order valence-electron chi connectivity index (χ2n) is 9.70. The predicted octanol–water partition coefficient (Wildman–Crippen LogP) is 4.08. The Bertz CT molecular complexity index is 671. The van der Waals surface area contributed by atoms with Crippen molar-refractivity contribution in [3.05, 3.63) is 22.4 Å². The Morgan fingerprint density at radius 3 is 2.26 bits per heavy atom. The minimum absolute atomic E-state index is 0.0309. The third-order valence-electron chi connectivity index (χ3n) is 7.62. The van der Waals surface area contributed by atoms with E-state index >= 15 is 0 Å². The van der Waals surface area contributed by atoms with Gasteiger partial charge >= 0.3 is 0 Å². The van der Waals surface area contributed by atoms with Gasteiger partial charge in [0, 0.05) is 25.6 Å². The normalized spacial score (nSPS) is 35.4. The molecule has 4 saturated carbocycles. The molecule has 146 valence electrons. The summed E-state index contributed by atoms with van der Waals surface area (Å²) in [6, 6.07) is 3.97. The summed E-state index contributed by atoms with van der Waals surface area (Å²) < 4.78 is 0. The summed E-state index contributed by atoms with van der Waals surface area (Å²) in [5.41, 5.74) is 0.329. The summed E-state index contributed by atoms with van der Waals surface area (Å²) in [4.78, 5) is 28.1. The molecule has 0 unspecified atom stereocenters. The van der Waals surface area contributed by atoms with Crippen LogP contribution in [0.1, 0.15) is 67.5 Å². The van der Waals surface area contributed by atoms with Gasteiger partial charge in [-0.3, -0.25) is 9.59 Å². The van der Waals surface area contributed by atoms with Gasteiger partial charge in [-0.15, -0.1) is 11.3 Å². The summed E-state index contributed by atoms with van der Waals surface area (Å²) in [5, 5.41) is 5.07. The molecule has 1 aliphatic heterocycles. The zero-order chi connectivity index (χ0) is 18.4. The smallest absolute Gasteiger partial charge is 0.261 e. The van der Waals surface area contributed by atoms with E-state index in [1.54, 1.807) is 0 Å². The first-order valence-electron chi connectivity index (χ1n) is 10.7. The standard InChI is InChI=1S/C22H30N2O2S/c25-20(14-22-11-15-8-16(12-22)10-17(9-15)13-22)24-5-3-18(4-6-24)23-21(26)19-2-1-7-27-19/h1-2,7,15-18H,3-6,8-14H2,(H,23,26). The molecule has 6 rings (SSSR count). The van der Waals surface area contributed by atoms with E-state index in [0.29, 0.717) is 11.3 Å². The van der Waals surface area contributed by atoms with Crippen LogP contribution in [0.3, 0.4) is 0 Å². The van der Waals surface area contributed by atoms with Crippen molar-refractivity contribution >= 4 is 23.2 Å². The highest BCUT2D eigenvalue weighted by molar-refractivity contribution is 7.12. The Hall–Kier alpha value is -1.36. The topological polar surface area (TPSA) is 49.4 Å². The molecule has 2 heterocycles. The van der Waals surface area contributed by atoms with E-state index in [2.05, 4.69) is 10.2 Å². The summed E-state index contributed by atoms with van der Waals surface area (Å²) in [6.07, 6.45) is 10.7. The lowest BCUT2D eigenvalue weighted by Gasteiger charge is -2.57. The molecule has 0 radical (unpaired) electrons. The first kappa shape index (κ1) is 17.7. The van der Waals surface area contributed by atoms with Crippen molar-refractivity contribution in [2.24, 2.45) is 23.2 Å². The lowest BCUT2D eigenvalue weighted by atomic mass is 9.49. The van der Waals surface area contributed by atoms with Gasteiger partial charge in [0.25, 0.3) is 5.91 Å². The zero-order valence-corrected chi connectivity index (χ0v) is 16.8. The molecule has 5 fully saturated rings. The quantitative estimate of drug-likeness (QED) is 0.848. The first-order valence-corrected chi connectivity index (χ1v) is 11.6. The molecule has 0 spiro atoms. The largest absolute Gasteiger partial charge is 0.348 e. The van der Waals surface area contributed by atoms with Crippen molar-refractivity contribution < 1.29 is 9.59 Å². The van der Waals surface area contributed by atoms with Gasteiger partial charge in [0.1, 0.15) is 0 Å². The van der Waals surface area contributed by atoms with Crippen molar-refractivity contribution in [1.29, 1.82) is 0 Å². The molecular formula is C22H30N2O2S. The lowest BCUT2D eigenvalue weighted by molar-refractivity contribution is -0.140. The van der Waals surface area contributed by atoms with Crippen LogP contribution in [0.25, 0.3) is 0 Å². The fourth-order valence-corrected chi connectivity index (χ4v) is 7.50. The van der Waals surface area contributed by atoms with Crippen LogP contribution >= 0.6 is 11.3 Å². The van der Waals surface area contributed by atoms with Gasteiger partial charge < -0.3 is 10.2 Å². The molecule has 5 heteroatoms. The van der Waals surface area contributed by atoms with E-state index in [1.165, 1.54) is 49.9 Å². The summed E-state index contributed by atoms with van der Waals surface area (Å²) in [7, 11) is 0. The van der Waals surface area contributed by atoms with Crippen molar-refractivity contribution in [3.8, 4) is 0 Å². The van der Waals surface area contributed by atoms with Crippen molar-refractivity contribution in [3.63, 3.8) is 0 Å². The van der Waals surface area contributed by atoms with Crippen molar-refractivity contribution in [1.82, 2.24) is 10.2 Å². The number of carbonyl (C=O) groups is 2. The molecule has 0 atom stereocenters. The second kappa shape index (κ2) is 6.91. The summed E-state index contributed by atoms with van der Waals surface area (Å²) >= 11 is 1.48. The van der Waals surface area contributed by atoms with E-state index < -0.39 is 0 Å². The maximum Gasteiger partial charge on any atom is 0.261 e. The van der Waals surface area contributed by atoms with Gasteiger partial charge in [-0.05, 0) is 86.0 Å². The predicted molar refractivity (Wildman–Crippen MR) is 107 cm³/mol. The van der Waals surface area contributed by atoms with Gasteiger partial charge in [-0.1, -0.05) is 6.07 Å². The molecule has 4 nitrogen and oxygen atoms in total. The van der Waals surface area contributed by atoms with Crippen LogP contribution in [-0.4, -0.2) is 35.8 Å². The number of thiophene rings is 1. The molecule has 5 aliphatic rings. The third-order valence-corrected chi connectivity index (χ3v) is 8.49. The number of carbonyl (C=O) groups excluding carboxylic acids is 2. The molecule has 1 aromatic rings. The van der Waals surface area contributed by atoms with E-state index in [1.807, 2.05) is 17.5 Å². The highest BCUT2D eigenvalue weighted by atomic mass is 32.1. The van der Waals surface area contributed by atoms with E-state index in [9.17, 15) is 9.59 Å². The Morgan fingerprint density at radius 2 is 1.70 bits per heavy atom. The minimum Gasteiger partial charge on any atom is -0.348 e. The number of amides is 2. The number of hydrogen-bond donors (Lipinski definition) is 1. The second-order valence-corrected chi connectivity index (χ2v) is 10.6. The zero-order valence-electron chi connectivity index (χ0n) is 16.0. The molecule has 4 aliphatic carbocycles. The SMILES string of the molecule is O=C(NC1CCN(C(=O)CC23CC4CC(CC(C4)C2)C3)CC1)c1cccs1. The number of nitrogens with zero attached hydrogens (tertiary/aromatic N) is 1. The van der Waals surface area contributed by atoms with Crippen LogP contribution in [0, 0.1) is 23.2 Å². The molecular weight excluding hydrogens is 356 g/mol. The highest BCUT2D eigenvalue weighted by Gasteiger charge is 2.51. The van der Waals surface area contributed by atoms with E-state index in [0.717, 1.165) is 55.0 Å². The van der Waals surface area contributed by atoms with Crippen molar-refractivity contribution in [2.75, 3.05) is 13.1 Å². The lowest BCUT2D eigenvalue weighted by Crippen LogP contribution is -2.50. The van der Waals surface area contributed by atoms with Crippen LogP contribution in [0.5, 0.6) is 0 Å². The minimum atomic E-state index is 0.0309. The van der Waals surface area contributed by atoms with Crippen LogP contribution in [-0.2, 0) is 4.79 Å². The van der Waals surface area contributed by atoms with Crippen LogP contribution < -0.4 is 5.32 Å². The Balaban J connectivity index is 1.13. The fourth-order valence-electron chi connectivity index (χ4n) is 6.88. The summed E-state index contributed by atoms with van der Waals surface area (Å²) in [5.74, 6) is 3.12. The number of nitrogens with one attached hydrogen (secondary N) is 1. The highest BCUT2D eigenvalue weighted by Crippen LogP contribution is 2.61. The van der Waals surface area contributed by atoms with Gasteiger partial charge in [0.05, 0.1) is 4.88 Å². The number of rotatable bonds is 4. The Kier molecular flexibility index (Phi) is 4.53. The van der Waals surface area contributed by atoms with E-state index in [4.69, 9.17) is 0 Å². The van der Waals surface area contributed by atoms with Gasteiger partial charge in [0.2, 0.25) is 5.91 Å². The third kappa shape index (κ3) is 3.55. The van der Waals surface area contributed by atoms with Crippen LogP contribution in [0.4, 0.5) is 0 Å². The molecule has 27 heavy (non-hydrogen) atoms. The molecule has 1 saturated heterocycles. The fraction of sp³-hybridized carbons (Fsp3) is 0.727. The van der Waals surface area contributed by atoms with E-state index in [-0.39, 0.29) is 11.9 Å². The molecule has 1 aromatic heterocycles. The maximum atomic E-state index is 13.0. The monoisotopic (exact) mass is 386 g/mol. The maximum absolute atomic E-state index is 13.0. The van der Waals surface area contributed by atoms with Gasteiger partial charge in [-0.2, -0.15) is 0 Å². The Labute approximate surface area is 165 Å². The number of piperidine rings is 1. The first-order chi connectivity index (χ1) is 13.1. The molecule has 1 N–H and O–H groups in total. The van der Waals surface area contributed by atoms with Crippen LogP contribution in [0.2, 0.25) is 0 Å². The average Bonchev–Trinajstić information content (AvgIpc) is 3.15. The molecule has 4 bridgehead atoms. The van der Waals surface area contributed by atoms with Crippen LogP contribution in [0.15, 0.2) is 17.5 Å². The molecule has 2 amide bonds. The molecule has 0 aromatic carbocycles. The summed E-state index contributed by atoms with van der Waals surface area (Å²) in [6.45, 7) is 1.58. The van der Waals surface area contributed by atoms with Gasteiger partial charge in [-0.25, -0.2) is 0 Å². The Morgan fingerprint density at radius 1 is 1.07 bits per heavy atom. The average molecular weight is 387 g/mol. The number of hydrogen-bond acceptors (Lipinski definition) is 3. The van der Waals surface area contributed by atoms with Gasteiger partial charge in [0.15, 0.2) is 0 Å².